The van der Waals surface area contributed by atoms with Gasteiger partial charge in [0.2, 0.25) is 0 Å². The molecule has 0 saturated heterocycles. The largest absolute Gasteiger partial charge is 0.378 e. The molecule has 19 heavy (non-hydrogen) atoms. The van der Waals surface area contributed by atoms with Crippen LogP contribution in [0.25, 0.3) is 0 Å². The lowest BCUT2D eigenvalue weighted by molar-refractivity contribution is 0.0254. The van der Waals surface area contributed by atoms with E-state index in [1.807, 2.05) is 24.3 Å². The second kappa shape index (κ2) is 6.04. The number of benzene rings is 1. The Hall–Kier alpha value is -1.59. The van der Waals surface area contributed by atoms with Gasteiger partial charge in [0.05, 0.1) is 17.2 Å². The molecule has 0 spiro atoms. The van der Waals surface area contributed by atoms with Gasteiger partial charge in [-0.1, -0.05) is 38.1 Å². The van der Waals surface area contributed by atoms with Crippen molar-refractivity contribution in [1.29, 1.82) is 5.26 Å². The summed E-state index contributed by atoms with van der Waals surface area (Å²) in [6, 6.07) is 9.91. The molecular weight excluding hydrogens is 234 g/mol. The minimum absolute atomic E-state index is 0.0438. The predicted octanol–water partition coefficient (Wildman–Crippen LogP) is 4.21. The minimum atomic E-state index is -0.128. The molecule has 2 heteroatoms. The van der Waals surface area contributed by atoms with Crippen LogP contribution >= 0.6 is 0 Å². The van der Waals surface area contributed by atoms with E-state index in [4.69, 9.17) is 10.00 Å². The van der Waals surface area contributed by atoms with Gasteiger partial charge in [0.15, 0.2) is 0 Å². The van der Waals surface area contributed by atoms with E-state index in [1.165, 1.54) is 5.56 Å². The van der Waals surface area contributed by atoms with Crippen molar-refractivity contribution in [3.8, 4) is 6.07 Å². The van der Waals surface area contributed by atoms with Gasteiger partial charge in [-0.25, -0.2) is 0 Å². The first-order valence-corrected chi connectivity index (χ1v) is 6.54. The molecule has 0 radical (unpaired) electrons. The Balaban J connectivity index is 2.80. The lowest BCUT2D eigenvalue weighted by atomic mass is 9.83. The van der Waals surface area contributed by atoms with Crippen molar-refractivity contribution in [2.75, 3.05) is 7.11 Å². The van der Waals surface area contributed by atoms with Gasteiger partial charge in [-0.2, -0.15) is 5.26 Å². The molecule has 0 fully saturated rings. The fourth-order valence-electron chi connectivity index (χ4n) is 1.79. The molecule has 0 unspecified atom stereocenters. The number of hydrogen-bond acceptors (Lipinski definition) is 2. The third-order valence-corrected chi connectivity index (χ3v) is 3.45. The van der Waals surface area contributed by atoms with Crippen molar-refractivity contribution in [1.82, 2.24) is 0 Å². The lowest BCUT2D eigenvalue weighted by Crippen LogP contribution is -2.21. The van der Waals surface area contributed by atoms with Crippen molar-refractivity contribution >= 4 is 0 Å². The molecule has 1 aromatic rings. The topological polar surface area (TPSA) is 33.0 Å². The lowest BCUT2D eigenvalue weighted by Gasteiger charge is -2.24. The average molecular weight is 257 g/mol. The molecule has 0 aliphatic carbocycles. The summed E-state index contributed by atoms with van der Waals surface area (Å²) in [6.07, 6.45) is 5.25. The summed E-state index contributed by atoms with van der Waals surface area (Å²) < 4.78 is 5.40. The maximum atomic E-state index is 8.81. The Labute approximate surface area is 116 Å². The van der Waals surface area contributed by atoms with Gasteiger partial charge in [-0.05, 0) is 38.0 Å². The first-order valence-electron chi connectivity index (χ1n) is 6.54. The normalized spacial score (nSPS) is 12.6. The Morgan fingerprint density at radius 1 is 1.16 bits per heavy atom. The van der Waals surface area contributed by atoms with Crippen LogP contribution in [0, 0.1) is 11.3 Å². The second-order valence-corrected chi connectivity index (χ2v) is 5.98. The van der Waals surface area contributed by atoms with Crippen LogP contribution in [0.5, 0.6) is 0 Å². The van der Waals surface area contributed by atoms with Crippen molar-refractivity contribution in [3.05, 3.63) is 47.5 Å². The predicted molar refractivity (Wildman–Crippen MR) is 79.0 cm³/mol. The van der Waals surface area contributed by atoms with E-state index in [9.17, 15) is 0 Å². The van der Waals surface area contributed by atoms with E-state index in [1.54, 1.807) is 7.11 Å². The third-order valence-electron chi connectivity index (χ3n) is 3.45. The zero-order valence-electron chi connectivity index (χ0n) is 12.5. The van der Waals surface area contributed by atoms with Crippen LogP contribution in [0.3, 0.4) is 0 Å². The number of hydrogen-bond donors (Lipinski definition) is 0. The molecule has 0 aromatic heterocycles. The third kappa shape index (κ3) is 4.54. The number of nitriles is 1. The summed E-state index contributed by atoms with van der Waals surface area (Å²) in [5.74, 6) is 0. The quantitative estimate of drug-likeness (QED) is 0.740. The molecule has 0 amide bonds. The molecule has 0 aliphatic heterocycles. The first-order chi connectivity index (χ1) is 8.80. The highest BCUT2D eigenvalue weighted by Gasteiger charge is 2.18. The zero-order chi connectivity index (χ0) is 14.5. The van der Waals surface area contributed by atoms with Gasteiger partial charge in [0, 0.05) is 12.5 Å². The fourth-order valence-corrected chi connectivity index (χ4v) is 1.79. The van der Waals surface area contributed by atoms with Gasteiger partial charge in [-0.3, -0.25) is 0 Å². The summed E-state index contributed by atoms with van der Waals surface area (Å²) in [7, 11) is 1.74. The number of ether oxygens (including phenoxy) is 1. The van der Waals surface area contributed by atoms with Crippen molar-refractivity contribution in [2.24, 2.45) is 0 Å². The molecule has 102 valence electrons. The van der Waals surface area contributed by atoms with Gasteiger partial charge >= 0.3 is 0 Å². The Kier molecular flexibility index (Phi) is 4.91. The number of allylic oxidation sites excluding steroid dienone is 1. The van der Waals surface area contributed by atoms with Crippen molar-refractivity contribution < 1.29 is 4.74 Å². The fraction of sp³-hybridized carbons (Fsp3) is 0.471. The Morgan fingerprint density at radius 2 is 1.74 bits per heavy atom. The molecule has 0 heterocycles. The van der Waals surface area contributed by atoms with E-state index in [2.05, 4.69) is 45.9 Å². The first kappa shape index (κ1) is 15.5. The molecular formula is C17H23NO. The van der Waals surface area contributed by atoms with Crippen LogP contribution in [0.1, 0.15) is 45.2 Å². The standard InChI is InChI=1S/C17H23NO/c1-16(2,11-6-12-17(3,4)19-5)15-9-7-14(13-18)8-10-15/h6-11H,12H2,1-5H3/b11-6+. The molecule has 0 atom stereocenters. The maximum Gasteiger partial charge on any atom is 0.0991 e. The Bertz CT molecular complexity index is 475. The summed E-state index contributed by atoms with van der Waals surface area (Å²) >= 11 is 0. The zero-order valence-corrected chi connectivity index (χ0v) is 12.5. The minimum Gasteiger partial charge on any atom is -0.378 e. The van der Waals surface area contributed by atoms with E-state index >= 15 is 0 Å². The van der Waals surface area contributed by atoms with Crippen molar-refractivity contribution in [2.45, 2.75) is 45.1 Å². The number of methoxy groups -OCH3 is 1. The highest BCUT2D eigenvalue weighted by atomic mass is 16.5. The van der Waals surface area contributed by atoms with Gasteiger partial charge in [0.25, 0.3) is 0 Å². The molecule has 1 aromatic carbocycles. The molecule has 1 rings (SSSR count). The molecule has 0 saturated carbocycles. The van der Waals surface area contributed by atoms with Crippen LogP contribution in [-0.2, 0) is 10.2 Å². The van der Waals surface area contributed by atoms with Gasteiger partial charge in [0.1, 0.15) is 0 Å². The van der Waals surface area contributed by atoms with E-state index in [0.29, 0.717) is 5.56 Å². The molecule has 2 nitrogen and oxygen atoms in total. The van der Waals surface area contributed by atoms with Crippen LogP contribution in [-0.4, -0.2) is 12.7 Å². The summed E-state index contributed by atoms with van der Waals surface area (Å²) in [4.78, 5) is 0. The molecule has 0 aliphatic rings. The monoisotopic (exact) mass is 257 g/mol. The maximum absolute atomic E-state index is 8.81. The van der Waals surface area contributed by atoms with Gasteiger partial charge in [-0.15, -0.1) is 0 Å². The summed E-state index contributed by atoms with van der Waals surface area (Å²) in [6.45, 7) is 8.49. The van der Waals surface area contributed by atoms with Crippen LogP contribution in [0.2, 0.25) is 0 Å². The van der Waals surface area contributed by atoms with Crippen molar-refractivity contribution in [3.63, 3.8) is 0 Å². The summed E-state index contributed by atoms with van der Waals surface area (Å²) in [5, 5.41) is 8.81. The van der Waals surface area contributed by atoms with Crippen LogP contribution < -0.4 is 0 Å². The smallest absolute Gasteiger partial charge is 0.0991 e. The Morgan fingerprint density at radius 3 is 2.21 bits per heavy atom. The second-order valence-electron chi connectivity index (χ2n) is 5.98. The number of rotatable bonds is 5. The van der Waals surface area contributed by atoms with Crippen LogP contribution in [0.4, 0.5) is 0 Å². The average Bonchev–Trinajstić information content (AvgIpc) is 2.38. The van der Waals surface area contributed by atoms with E-state index in [0.717, 1.165) is 6.42 Å². The van der Waals surface area contributed by atoms with Gasteiger partial charge < -0.3 is 4.74 Å². The van der Waals surface area contributed by atoms with Crippen LogP contribution in [0.15, 0.2) is 36.4 Å². The highest BCUT2D eigenvalue weighted by molar-refractivity contribution is 5.36. The van der Waals surface area contributed by atoms with E-state index in [-0.39, 0.29) is 11.0 Å². The molecule has 0 N–H and O–H groups in total. The highest BCUT2D eigenvalue weighted by Crippen LogP contribution is 2.26. The van der Waals surface area contributed by atoms with E-state index < -0.39 is 0 Å². The SMILES string of the molecule is COC(C)(C)C/C=C/C(C)(C)c1ccc(C#N)cc1. The summed E-state index contributed by atoms with van der Waals surface area (Å²) in [5.41, 5.74) is 1.73. The molecule has 0 bridgehead atoms. The number of nitrogens with zero attached hydrogens (tertiary/aromatic N) is 1.